The van der Waals surface area contributed by atoms with Crippen LogP contribution in [0, 0.1) is 5.92 Å². The second kappa shape index (κ2) is 4.23. The van der Waals surface area contributed by atoms with Gasteiger partial charge in [0.15, 0.2) is 5.82 Å². The Bertz CT molecular complexity index is 591. The van der Waals surface area contributed by atoms with Crippen molar-refractivity contribution in [3.8, 4) is 0 Å². The summed E-state index contributed by atoms with van der Waals surface area (Å²) in [5.74, 6) is -2.76. The van der Waals surface area contributed by atoms with Crippen LogP contribution < -0.4 is 0 Å². The van der Waals surface area contributed by atoms with Crippen LogP contribution in [0.1, 0.15) is 31.5 Å². The minimum absolute atomic E-state index is 0.227. The van der Waals surface area contributed by atoms with Crippen molar-refractivity contribution >= 4 is 11.9 Å². The van der Waals surface area contributed by atoms with Gasteiger partial charge in [-0.15, -0.1) is 5.10 Å². The Balaban J connectivity index is 1.83. The van der Waals surface area contributed by atoms with E-state index in [-0.39, 0.29) is 11.8 Å². The lowest BCUT2D eigenvalue weighted by Gasteiger charge is -2.52. The second-order valence-corrected chi connectivity index (χ2v) is 5.56. The van der Waals surface area contributed by atoms with Gasteiger partial charge in [-0.1, -0.05) is 0 Å². The molecule has 1 atom stereocenters. The molecule has 5 rings (SSSR count). The first kappa shape index (κ1) is 12.7. The Morgan fingerprint density at radius 2 is 1.90 bits per heavy atom. The van der Waals surface area contributed by atoms with Crippen molar-refractivity contribution in [1.82, 2.24) is 25.1 Å². The average Bonchev–Trinajstić information content (AvgIpc) is 3.06. The van der Waals surface area contributed by atoms with Crippen LogP contribution in [0.2, 0.25) is 0 Å². The molecule has 21 heavy (non-hydrogen) atoms. The zero-order chi connectivity index (χ0) is 14.6. The Kier molecular flexibility index (Phi) is 2.56. The Morgan fingerprint density at radius 1 is 1.24 bits per heavy atom. The minimum atomic E-state index is -1.36. The molecule has 0 saturated carbocycles. The zero-order valence-corrected chi connectivity index (χ0v) is 11.6. The third-order valence-corrected chi connectivity index (χ3v) is 4.63. The van der Waals surface area contributed by atoms with E-state index in [4.69, 9.17) is 9.47 Å². The van der Waals surface area contributed by atoms with Gasteiger partial charge in [-0.05, 0) is 36.1 Å². The molecule has 1 spiro atoms. The van der Waals surface area contributed by atoms with Crippen molar-refractivity contribution in [2.24, 2.45) is 5.92 Å². The van der Waals surface area contributed by atoms with Gasteiger partial charge in [0.25, 0.3) is 0 Å². The Morgan fingerprint density at radius 3 is 2.52 bits per heavy atom. The lowest BCUT2D eigenvalue weighted by atomic mass is 9.75. The number of rotatable bonds is 2. The van der Waals surface area contributed by atoms with Gasteiger partial charge >= 0.3 is 17.8 Å². The van der Waals surface area contributed by atoms with Crippen LogP contribution in [0.15, 0.2) is 0 Å². The summed E-state index contributed by atoms with van der Waals surface area (Å²) in [6.07, 6.45) is 1.89. The highest BCUT2D eigenvalue weighted by Crippen LogP contribution is 2.52. The molecule has 5 heterocycles. The smallest absolute Gasteiger partial charge is 0.399 e. The molecule has 0 radical (unpaired) electrons. The summed E-state index contributed by atoms with van der Waals surface area (Å²) in [6.45, 7) is 3.99. The number of hydrogen-bond donors (Lipinski definition) is 0. The lowest BCUT2D eigenvalue weighted by Crippen LogP contribution is -2.64. The monoisotopic (exact) mass is 293 g/mol. The van der Waals surface area contributed by atoms with Gasteiger partial charge in [0.2, 0.25) is 0 Å². The number of nitrogens with zero attached hydrogens (tertiary/aromatic N) is 5. The normalized spacial score (nSPS) is 33.3. The predicted molar refractivity (Wildman–Crippen MR) is 65.4 cm³/mol. The van der Waals surface area contributed by atoms with Gasteiger partial charge in [0.1, 0.15) is 5.92 Å². The van der Waals surface area contributed by atoms with E-state index in [2.05, 4.69) is 15.5 Å². The highest BCUT2D eigenvalue weighted by atomic mass is 16.8. The third-order valence-electron chi connectivity index (χ3n) is 4.63. The van der Waals surface area contributed by atoms with Crippen LogP contribution in [0.25, 0.3) is 0 Å². The zero-order valence-electron chi connectivity index (χ0n) is 11.6. The van der Waals surface area contributed by atoms with Crippen LogP contribution in [-0.2, 0) is 25.6 Å². The summed E-state index contributed by atoms with van der Waals surface area (Å²) in [5.41, 5.74) is 0. The topological polar surface area (TPSA) is 99.4 Å². The average molecular weight is 293 g/mol. The first-order chi connectivity index (χ1) is 10.2. The molecular formula is C12H15N5O4. The molecule has 9 heteroatoms. The molecule has 0 N–H and O–H groups in total. The molecule has 0 amide bonds. The first-order valence-corrected chi connectivity index (χ1v) is 7.13. The number of esters is 2. The fraction of sp³-hybridized carbons (Fsp3) is 0.750. The van der Waals surface area contributed by atoms with Crippen molar-refractivity contribution in [2.75, 3.05) is 13.1 Å². The number of piperidine rings is 3. The summed E-state index contributed by atoms with van der Waals surface area (Å²) in [4.78, 5) is 25.1. The van der Waals surface area contributed by atoms with Crippen molar-refractivity contribution < 1.29 is 19.1 Å². The molecule has 1 unspecified atom stereocenters. The van der Waals surface area contributed by atoms with Gasteiger partial charge < -0.3 is 9.47 Å². The van der Waals surface area contributed by atoms with Gasteiger partial charge in [0, 0.05) is 19.6 Å². The van der Waals surface area contributed by atoms with E-state index >= 15 is 0 Å². The molecule has 4 aliphatic rings. The van der Waals surface area contributed by atoms with Crippen molar-refractivity contribution in [2.45, 2.75) is 38.1 Å². The van der Waals surface area contributed by atoms with Gasteiger partial charge in [-0.3, -0.25) is 0 Å². The van der Waals surface area contributed by atoms with Crippen LogP contribution in [-0.4, -0.2) is 56.0 Å². The fourth-order valence-electron chi connectivity index (χ4n) is 3.70. The molecule has 4 fully saturated rings. The molecule has 112 valence electrons. The maximum absolute atomic E-state index is 11.6. The molecular weight excluding hydrogens is 278 g/mol. The van der Waals surface area contributed by atoms with E-state index in [1.165, 1.54) is 0 Å². The first-order valence-electron chi connectivity index (χ1n) is 7.13. The number of carbonyl (C=O) groups is 2. The number of ether oxygens (including phenoxy) is 2. The summed E-state index contributed by atoms with van der Waals surface area (Å²) < 4.78 is 12.4. The number of hydrogen-bond acceptors (Lipinski definition) is 8. The van der Waals surface area contributed by atoms with Crippen LogP contribution in [0.5, 0.6) is 0 Å². The van der Waals surface area contributed by atoms with Crippen LogP contribution in [0.4, 0.5) is 0 Å². The summed E-state index contributed by atoms with van der Waals surface area (Å²) >= 11 is 0. The van der Waals surface area contributed by atoms with Gasteiger partial charge in [-0.25, -0.2) is 19.2 Å². The quantitative estimate of drug-likeness (QED) is 0.519. The Labute approximate surface area is 120 Å². The molecule has 4 saturated heterocycles. The van der Waals surface area contributed by atoms with Gasteiger partial charge in [-0.2, -0.15) is 0 Å². The molecule has 0 aliphatic carbocycles. The van der Waals surface area contributed by atoms with Crippen molar-refractivity contribution in [3.63, 3.8) is 0 Å². The van der Waals surface area contributed by atoms with Crippen molar-refractivity contribution in [1.29, 1.82) is 0 Å². The fourth-order valence-corrected chi connectivity index (χ4v) is 3.70. The highest BCUT2D eigenvalue weighted by molar-refractivity contribution is 6.31. The molecule has 2 bridgehead atoms. The number of aryl methyl sites for hydroxylation is 1. The predicted octanol–water partition coefficient (Wildman–Crippen LogP) is -0.744. The molecule has 9 nitrogen and oxygen atoms in total. The highest BCUT2D eigenvalue weighted by Gasteiger charge is 2.66. The third kappa shape index (κ3) is 1.57. The number of aromatic nitrogens is 4. The van der Waals surface area contributed by atoms with E-state index in [0.717, 1.165) is 25.9 Å². The lowest BCUT2D eigenvalue weighted by molar-refractivity contribution is -0.300. The molecule has 4 aliphatic heterocycles. The summed E-state index contributed by atoms with van der Waals surface area (Å²) in [7, 11) is 0. The van der Waals surface area contributed by atoms with E-state index < -0.39 is 17.8 Å². The number of carbonyl (C=O) groups excluding carboxylic acids is 2. The minimum Gasteiger partial charge on any atom is -0.399 e. The summed E-state index contributed by atoms with van der Waals surface area (Å²) in [6, 6.07) is 0. The summed E-state index contributed by atoms with van der Waals surface area (Å²) in [5, 5.41) is 11.7. The molecule has 1 aromatic rings. The van der Waals surface area contributed by atoms with E-state index in [0.29, 0.717) is 12.4 Å². The van der Waals surface area contributed by atoms with E-state index in [1.807, 2.05) is 11.8 Å². The number of tetrazole rings is 1. The molecule has 0 aromatic carbocycles. The van der Waals surface area contributed by atoms with Crippen LogP contribution >= 0.6 is 0 Å². The second-order valence-electron chi connectivity index (χ2n) is 5.56. The SMILES string of the molecule is CCn1nnnc1C1C2CCN(CC2)C12OC(=O)C(=O)O2. The Hall–Kier alpha value is -2.03. The maximum atomic E-state index is 11.6. The molecule has 1 aromatic heterocycles. The van der Waals surface area contributed by atoms with Gasteiger partial charge in [0.05, 0.1) is 0 Å². The van der Waals surface area contributed by atoms with E-state index in [9.17, 15) is 9.59 Å². The standard InChI is InChI=1S/C12H15N5O4/c1-2-17-9(13-14-15-17)8-7-3-5-16(6-4-7)12(8)20-10(18)11(19)21-12/h7-8H,2-6H2,1H3. The number of fused-ring (bicyclic) bond motifs is 2. The van der Waals surface area contributed by atoms with Crippen LogP contribution in [0.3, 0.4) is 0 Å². The largest absolute Gasteiger partial charge is 0.421 e. The van der Waals surface area contributed by atoms with E-state index in [1.54, 1.807) is 4.68 Å². The van der Waals surface area contributed by atoms with Crippen molar-refractivity contribution in [3.05, 3.63) is 5.82 Å². The maximum Gasteiger partial charge on any atom is 0.421 e.